The lowest BCUT2D eigenvalue weighted by molar-refractivity contribution is 0.0412. The van der Waals surface area contributed by atoms with Crippen LogP contribution in [0.2, 0.25) is 5.02 Å². The first kappa shape index (κ1) is 16.5. The summed E-state index contributed by atoms with van der Waals surface area (Å²) < 4.78 is 6.04. The number of carbonyl (C=O) groups is 1. The fourth-order valence-corrected chi connectivity index (χ4v) is 2.54. The van der Waals surface area contributed by atoms with E-state index in [0.717, 1.165) is 0 Å². The molecule has 0 fully saturated rings. The Balaban J connectivity index is 2.31. The second-order valence-electron chi connectivity index (χ2n) is 5.72. The van der Waals surface area contributed by atoms with Gasteiger partial charge in [0.25, 0.3) is 0 Å². The van der Waals surface area contributed by atoms with Crippen LogP contribution in [0.25, 0.3) is 0 Å². The number of ether oxygens (including phenoxy) is 1. The van der Waals surface area contributed by atoms with Gasteiger partial charge in [0, 0.05) is 17.1 Å². The van der Waals surface area contributed by atoms with E-state index in [1.165, 1.54) is 0 Å². The summed E-state index contributed by atoms with van der Waals surface area (Å²) in [4.78, 5) is 14.9. The molecule has 0 N–H and O–H groups in total. The van der Waals surface area contributed by atoms with Gasteiger partial charge < -0.3 is 9.64 Å². The van der Waals surface area contributed by atoms with Crippen molar-refractivity contribution in [1.82, 2.24) is 4.90 Å². The monoisotopic (exact) mass is 317 g/mol. The predicted molar refractivity (Wildman–Crippen MR) is 89.8 cm³/mol. The molecule has 22 heavy (non-hydrogen) atoms. The highest BCUT2D eigenvalue weighted by Gasteiger charge is 2.37. The van der Waals surface area contributed by atoms with E-state index in [1.54, 1.807) is 24.3 Å². The minimum absolute atomic E-state index is 0.0679. The standard InChI is InChI=1S/C18H20ClNO2/c1-18(13-20(2)3,22-16-7-5-4-6-8-16)17(21)14-9-11-15(19)12-10-14/h4-12H,13H2,1-3H3/t18-/m1/s1. The molecule has 0 heterocycles. The van der Waals surface area contributed by atoms with Gasteiger partial charge in [-0.15, -0.1) is 0 Å². The van der Waals surface area contributed by atoms with Gasteiger partial charge in [-0.25, -0.2) is 0 Å². The molecule has 116 valence electrons. The van der Waals surface area contributed by atoms with Gasteiger partial charge in [-0.1, -0.05) is 29.8 Å². The molecule has 0 spiro atoms. The number of ketones is 1. The molecule has 2 aromatic carbocycles. The number of nitrogens with zero attached hydrogens (tertiary/aromatic N) is 1. The summed E-state index contributed by atoms with van der Waals surface area (Å²) >= 11 is 5.89. The summed E-state index contributed by atoms with van der Waals surface area (Å²) in [5.74, 6) is 0.607. The van der Waals surface area contributed by atoms with Crippen LogP contribution >= 0.6 is 11.6 Å². The van der Waals surface area contributed by atoms with Crippen LogP contribution in [0.3, 0.4) is 0 Å². The molecule has 0 radical (unpaired) electrons. The SMILES string of the molecule is CN(C)C[C@@](C)(Oc1ccccc1)C(=O)c1ccc(Cl)cc1. The quantitative estimate of drug-likeness (QED) is 0.756. The van der Waals surface area contributed by atoms with E-state index < -0.39 is 5.60 Å². The number of likely N-dealkylation sites (N-methyl/N-ethyl adjacent to an activating group) is 1. The van der Waals surface area contributed by atoms with Crippen molar-refractivity contribution in [2.75, 3.05) is 20.6 Å². The van der Waals surface area contributed by atoms with E-state index in [1.807, 2.05) is 56.3 Å². The number of halogens is 1. The van der Waals surface area contributed by atoms with Crippen LogP contribution in [0.1, 0.15) is 17.3 Å². The normalized spacial score (nSPS) is 13.7. The van der Waals surface area contributed by atoms with Crippen LogP contribution in [0.4, 0.5) is 0 Å². The van der Waals surface area contributed by atoms with Crippen molar-refractivity contribution in [2.45, 2.75) is 12.5 Å². The lowest BCUT2D eigenvalue weighted by Gasteiger charge is -2.32. The third-order valence-corrected chi connectivity index (χ3v) is 3.54. The molecule has 0 unspecified atom stereocenters. The number of hydrogen-bond donors (Lipinski definition) is 0. The second-order valence-corrected chi connectivity index (χ2v) is 6.16. The molecule has 0 bridgehead atoms. The molecule has 3 nitrogen and oxygen atoms in total. The van der Waals surface area contributed by atoms with Crippen LogP contribution in [0.5, 0.6) is 5.75 Å². The molecule has 2 rings (SSSR count). The highest BCUT2D eigenvalue weighted by Crippen LogP contribution is 2.24. The Morgan fingerprint density at radius 2 is 1.68 bits per heavy atom. The van der Waals surface area contributed by atoms with E-state index >= 15 is 0 Å². The Morgan fingerprint density at radius 3 is 2.23 bits per heavy atom. The molecule has 0 aliphatic rings. The highest BCUT2D eigenvalue weighted by atomic mass is 35.5. The molecular weight excluding hydrogens is 298 g/mol. The minimum Gasteiger partial charge on any atom is -0.478 e. The first-order chi connectivity index (χ1) is 10.4. The van der Waals surface area contributed by atoms with Gasteiger partial charge in [-0.05, 0) is 57.4 Å². The number of carbonyl (C=O) groups excluding carboxylic acids is 1. The summed E-state index contributed by atoms with van der Waals surface area (Å²) in [7, 11) is 3.84. The van der Waals surface area contributed by atoms with E-state index in [-0.39, 0.29) is 5.78 Å². The summed E-state index contributed by atoms with van der Waals surface area (Å²) in [6.45, 7) is 2.29. The molecule has 0 aromatic heterocycles. The van der Waals surface area contributed by atoms with Gasteiger partial charge in [0.1, 0.15) is 5.75 Å². The van der Waals surface area contributed by atoms with E-state index in [9.17, 15) is 4.79 Å². The van der Waals surface area contributed by atoms with Crippen molar-refractivity contribution in [3.8, 4) is 5.75 Å². The summed E-state index contributed by atoms with van der Waals surface area (Å²) in [5, 5.41) is 0.606. The molecule has 0 aliphatic carbocycles. The van der Waals surface area contributed by atoms with Crippen LogP contribution in [-0.4, -0.2) is 36.9 Å². The highest BCUT2D eigenvalue weighted by molar-refractivity contribution is 6.30. The zero-order valence-corrected chi connectivity index (χ0v) is 13.8. The van der Waals surface area contributed by atoms with Crippen molar-refractivity contribution in [2.24, 2.45) is 0 Å². The zero-order chi connectivity index (χ0) is 16.2. The third-order valence-electron chi connectivity index (χ3n) is 3.29. The summed E-state index contributed by atoms with van der Waals surface area (Å²) in [5.41, 5.74) is -0.386. The van der Waals surface area contributed by atoms with Gasteiger partial charge >= 0.3 is 0 Å². The number of Topliss-reactive ketones (excluding diaryl/α,β-unsaturated/α-hetero) is 1. The average Bonchev–Trinajstić information content (AvgIpc) is 2.47. The Hall–Kier alpha value is -1.84. The lowest BCUT2D eigenvalue weighted by Crippen LogP contribution is -2.49. The van der Waals surface area contributed by atoms with E-state index in [4.69, 9.17) is 16.3 Å². The van der Waals surface area contributed by atoms with Crippen molar-refractivity contribution in [3.05, 3.63) is 65.2 Å². The predicted octanol–water partition coefficient (Wildman–Crippen LogP) is 3.92. The van der Waals surface area contributed by atoms with Crippen LogP contribution in [0.15, 0.2) is 54.6 Å². The molecule has 0 saturated heterocycles. The summed E-state index contributed by atoms with van der Waals surface area (Å²) in [6.07, 6.45) is 0. The first-order valence-electron chi connectivity index (χ1n) is 7.10. The van der Waals surface area contributed by atoms with Crippen molar-refractivity contribution in [1.29, 1.82) is 0 Å². The Morgan fingerprint density at radius 1 is 1.09 bits per heavy atom. The van der Waals surface area contributed by atoms with E-state index in [0.29, 0.717) is 22.9 Å². The Kier molecular flexibility index (Phi) is 5.22. The smallest absolute Gasteiger partial charge is 0.207 e. The van der Waals surface area contributed by atoms with Crippen molar-refractivity contribution in [3.63, 3.8) is 0 Å². The van der Waals surface area contributed by atoms with Gasteiger partial charge in [0.2, 0.25) is 5.78 Å². The zero-order valence-electron chi connectivity index (χ0n) is 13.0. The third kappa shape index (κ3) is 4.09. The van der Waals surface area contributed by atoms with Gasteiger partial charge in [0.15, 0.2) is 5.60 Å². The molecule has 1 atom stereocenters. The number of hydrogen-bond acceptors (Lipinski definition) is 3. The summed E-state index contributed by atoms with van der Waals surface area (Å²) in [6, 6.07) is 16.3. The van der Waals surface area contributed by atoms with Crippen molar-refractivity contribution < 1.29 is 9.53 Å². The maximum Gasteiger partial charge on any atom is 0.207 e. The van der Waals surface area contributed by atoms with Gasteiger partial charge in [0.05, 0.1) is 0 Å². The number of para-hydroxylation sites is 1. The largest absolute Gasteiger partial charge is 0.478 e. The number of benzene rings is 2. The topological polar surface area (TPSA) is 29.5 Å². The van der Waals surface area contributed by atoms with Crippen LogP contribution in [-0.2, 0) is 0 Å². The molecule has 0 aliphatic heterocycles. The van der Waals surface area contributed by atoms with Gasteiger partial charge in [-0.3, -0.25) is 4.79 Å². The van der Waals surface area contributed by atoms with E-state index in [2.05, 4.69) is 0 Å². The van der Waals surface area contributed by atoms with Crippen LogP contribution < -0.4 is 4.74 Å². The Labute approximate surface area is 136 Å². The first-order valence-corrected chi connectivity index (χ1v) is 7.48. The fourth-order valence-electron chi connectivity index (χ4n) is 2.41. The number of rotatable bonds is 6. The maximum absolute atomic E-state index is 12.9. The van der Waals surface area contributed by atoms with Crippen molar-refractivity contribution >= 4 is 17.4 Å². The molecule has 2 aromatic rings. The maximum atomic E-state index is 12.9. The average molecular weight is 318 g/mol. The molecule has 4 heteroatoms. The molecule has 0 saturated carbocycles. The van der Waals surface area contributed by atoms with Crippen LogP contribution in [0, 0.1) is 0 Å². The second kappa shape index (κ2) is 6.95. The van der Waals surface area contributed by atoms with Gasteiger partial charge in [-0.2, -0.15) is 0 Å². The minimum atomic E-state index is -0.974. The lowest BCUT2D eigenvalue weighted by atomic mass is 9.93. The molecule has 0 amide bonds. The Bertz CT molecular complexity index is 625. The molecular formula is C18H20ClNO2. The fraction of sp³-hybridized carbons (Fsp3) is 0.278.